The molecule has 1 aliphatic rings. The van der Waals surface area contributed by atoms with Crippen LogP contribution in [0.1, 0.15) is 33.6 Å². The van der Waals surface area contributed by atoms with Crippen molar-refractivity contribution in [2.45, 2.75) is 30.8 Å². The van der Waals surface area contributed by atoms with Gasteiger partial charge in [-0.3, -0.25) is 4.79 Å². The SMILES string of the molecule is CSc1nc(OCC(=O)c2ccccc2)c2c3c(sc2n1)CCCC3. The lowest BCUT2D eigenvalue weighted by molar-refractivity contribution is 0.0919. The molecule has 0 atom stereocenters. The predicted octanol–water partition coefficient (Wildman–Crippen LogP) is 4.55. The highest BCUT2D eigenvalue weighted by Crippen LogP contribution is 2.40. The van der Waals surface area contributed by atoms with Gasteiger partial charge in [0, 0.05) is 10.4 Å². The van der Waals surface area contributed by atoms with Crippen molar-refractivity contribution in [2.24, 2.45) is 0 Å². The standard InChI is InChI=1S/C19H18N2O2S2/c1-24-19-20-17(23-11-14(22)12-7-3-2-4-8-12)16-13-9-5-6-10-15(13)25-18(16)21-19/h2-4,7-8H,5-6,9-11H2,1H3. The molecule has 2 aromatic heterocycles. The first kappa shape index (κ1) is 16.5. The van der Waals surface area contributed by atoms with Gasteiger partial charge in [-0.1, -0.05) is 42.1 Å². The van der Waals surface area contributed by atoms with Gasteiger partial charge in [0.1, 0.15) is 4.83 Å². The van der Waals surface area contributed by atoms with E-state index in [0.29, 0.717) is 16.6 Å². The molecule has 0 saturated carbocycles. The number of Topliss-reactive ketones (excluding diaryl/α,β-unsaturated/α-hetero) is 1. The van der Waals surface area contributed by atoms with E-state index < -0.39 is 0 Å². The number of ether oxygens (including phenoxy) is 1. The first-order valence-electron chi connectivity index (χ1n) is 8.33. The molecule has 0 radical (unpaired) electrons. The fourth-order valence-electron chi connectivity index (χ4n) is 3.14. The molecule has 2 heterocycles. The van der Waals surface area contributed by atoms with Crippen molar-refractivity contribution in [2.75, 3.05) is 12.9 Å². The maximum Gasteiger partial charge on any atom is 0.227 e. The maximum absolute atomic E-state index is 12.4. The van der Waals surface area contributed by atoms with Crippen molar-refractivity contribution in [3.8, 4) is 5.88 Å². The normalized spacial score (nSPS) is 13.6. The number of benzene rings is 1. The van der Waals surface area contributed by atoms with Crippen LogP contribution < -0.4 is 4.74 Å². The zero-order valence-corrected chi connectivity index (χ0v) is 15.6. The van der Waals surface area contributed by atoms with Crippen LogP contribution in [0.25, 0.3) is 10.2 Å². The van der Waals surface area contributed by atoms with Crippen LogP contribution in [0.2, 0.25) is 0 Å². The number of hydrogen-bond acceptors (Lipinski definition) is 6. The van der Waals surface area contributed by atoms with Crippen LogP contribution in [0.15, 0.2) is 35.5 Å². The highest BCUT2D eigenvalue weighted by atomic mass is 32.2. The highest BCUT2D eigenvalue weighted by Gasteiger charge is 2.22. The largest absolute Gasteiger partial charge is 0.469 e. The Hall–Kier alpha value is -1.92. The minimum Gasteiger partial charge on any atom is -0.469 e. The molecule has 0 aliphatic heterocycles. The van der Waals surface area contributed by atoms with Gasteiger partial charge in [0.05, 0.1) is 5.39 Å². The number of hydrogen-bond donors (Lipinski definition) is 0. The third-order valence-corrected chi connectivity index (χ3v) is 6.11. The average molecular weight is 370 g/mol. The van der Waals surface area contributed by atoms with Crippen LogP contribution in [-0.2, 0) is 12.8 Å². The number of rotatable bonds is 5. The summed E-state index contributed by atoms with van der Waals surface area (Å²) in [6, 6.07) is 9.23. The molecule has 1 aromatic carbocycles. The van der Waals surface area contributed by atoms with Crippen molar-refractivity contribution in [1.29, 1.82) is 0 Å². The van der Waals surface area contributed by atoms with E-state index in [2.05, 4.69) is 9.97 Å². The average Bonchev–Trinajstić information content (AvgIpc) is 3.05. The van der Waals surface area contributed by atoms with Crippen LogP contribution in [-0.4, -0.2) is 28.6 Å². The summed E-state index contributed by atoms with van der Waals surface area (Å²) in [7, 11) is 0. The van der Waals surface area contributed by atoms with E-state index in [9.17, 15) is 4.79 Å². The molecule has 0 unspecified atom stereocenters. The van der Waals surface area contributed by atoms with E-state index in [4.69, 9.17) is 4.74 Å². The number of ketones is 1. The van der Waals surface area contributed by atoms with Gasteiger partial charge in [-0.25, -0.2) is 4.98 Å². The number of carbonyl (C=O) groups excluding carboxylic acids is 1. The lowest BCUT2D eigenvalue weighted by Crippen LogP contribution is -2.13. The summed E-state index contributed by atoms with van der Waals surface area (Å²) in [5.74, 6) is 0.514. The molecule has 0 bridgehead atoms. The van der Waals surface area contributed by atoms with Crippen molar-refractivity contribution in [3.05, 3.63) is 46.3 Å². The topological polar surface area (TPSA) is 52.1 Å². The lowest BCUT2D eigenvalue weighted by atomic mass is 9.97. The molecular weight excluding hydrogens is 352 g/mol. The summed E-state index contributed by atoms with van der Waals surface area (Å²) in [6.45, 7) is -0.00539. The number of aromatic nitrogens is 2. The van der Waals surface area contributed by atoms with Gasteiger partial charge in [-0.15, -0.1) is 11.3 Å². The van der Waals surface area contributed by atoms with Crippen LogP contribution >= 0.6 is 23.1 Å². The van der Waals surface area contributed by atoms with Gasteiger partial charge in [0.15, 0.2) is 17.5 Å². The van der Waals surface area contributed by atoms with E-state index in [1.165, 1.54) is 35.0 Å². The number of thiophene rings is 1. The molecule has 4 nitrogen and oxygen atoms in total. The van der Waals surface area contributed by atoms with Crippen molar-refractivity contribution >= 4 is 39.1 Å². The molecule has 0 amide bonds. The molecule has 0 saturated heterocycles. The Kier molecular flexibility index (Phi) is 4.72. The fraction of sp³-hybridized carbons (Fsp3) is 0.316. The Labute approximate surface area is 154 Å². The predicted molar refractivity (Wildman–Crippen MR) is 102 cm³/mol. The van der Waals surface area contributed by atoms with E-state index >= 15 is 0 Å². The van der Waals surface area contributed by atoms with E-state index in [0.717, 1.165) is 23.1 Å². The van der Waals surface area contributed by atoms with Crippen LogP contribution in [0, 0.1) is 0 Å². The van der Waals surface area contributed by atoms with Crippen molar-refractivity contribution in [3.63, 3.8) is 0 Å². The summed E-state index contributed by atoms with van der Waals surface area (Å²) in [4.78, 5) is 23.9. The second kappa shape index (κ2) is 7.14. The van der Waals surface area contributed by atoms with Crippen LogP contribution in [0.5, 0.6) is 5.88 Å². The first-order valence-corrected chi connectivity index (χ1v) is 10.4. The molecule has 0 N–H and O–H groups in total. The molecule has 1 aliphatic carbocycles. The molecule has 128 valence electrons. The Morgan fingerprint density at radius 1 is 1.20 bits per heavy atom. The first-order chi connectivity index (χ1) is 12.3. The number of carbonyl (C=O) groups is 1. The Morgan fingerprint density at radius 3 is 2.80 bits per heavy atom. The molecule has 4 rings (SSSR count). The summed E-state index contributed by atoms with van der Waals surface area (Å²) in [5.41, 5.74) is 1.98. The number of fused-ring (bicyclic) bond motifs is 3. The zero-order chi connectivity index (χ0) is 17.2. The van der Waals surface area contributed by atoms with Gasteiger partial charge in [-0.05, 0) is 37.5 Å². The second-order valence-corrected chi connectivity index (χ2v) is 7.84. The molecule has 6 heteroatoms. The lowest BCUT2D eigenvalue weighted by Gasteiger charge is -2.12. The number of aryl methyl sites for hydroxylation is 2. The minimum absolute atomic E-state index is 0.00539. The highest BCUT2D eigenvalue weighted by molar-refractivity contribution is 7.98. The van der Waals surface area contributed by atoms with E-state index in [1.54, 1.807) is 23.5 Å². The van der Waals surface area contributed by atoms with Gasteiger partial charge in [-0.2, -0.15) is 4.98 Å². The molecular formula is C19H18N2O2S2. The van der Waals surface area contributed by atoms with Crippen LogP contribution in [0.4, 0.5) is 0 Å². The third-order valence-electron chi connectivity index (χ3n) is 4.38. The van der Waals surface area contributed by atoms with E-state index in [-0.39, 0.29) is 12.4 Å². The fourth-order valence-corrected chi connectivity index (χ4v) is 4.81. The molecule has 0 fully saturated rings. The maximum atomic E-state index is 12.4. The smallest absolute Gasteiger partial charge is 0.227 e. The second-order valence-electron chi connectivity index (χ2n) is 5.98. The summed E-state index contributed by atoms with van der Waals surface area (Å²) in [5, 5.41) is 1.70. The minimum atomic E-state index is -0.0397. The zero-order valence-electron chi connectivity index (χ0n) is 13.9. The molecule has 0 spiro atoms. The van der Waals surface area contributed by atoms with Gasteiger partial charge >= 0.3 is 0 Å². The quantitative estimate of drug-likeness (QED) is 0.374. The van der Waals surface area contributed by atoms with Gasteiger partial charge in [0.25, 0.3) is 0 Å². The Bertz CT molecular complexity index is 922. The Balaban J connectivity index is 1.68. The Morgan fingerprint density at radius 2 is 2.00 bits per heavy atom. The van der Waals surface area contributed by atoms with Crippen molar-refractivity contribution < 1.29 is 9.53 Å². The summed E-state index contributed by atoms with van der Waals surface area (Å²) in [6.07, 6.45) is 6.51. The number of nitrogens with zero attached hydrogens (tertiary/aromatic N) is 2. The number of thioether (sulfide) groups is 1. The van der Waals surface area contributed by atoms with Crippen LogP contribution in [0.3, 0.4) is 0 Å². The third kappa shape index (κ3) is 3.28. The summed E-state index contributed by atoms with van der Waals surface area (Å²) < 4.78 is 5.90. The van der Waals surface area contributed by atoms with Crippen molar-refractivity contribution in [1.82, 2.24) is 9.97 Å². The molecule has 25 heavy (non-hydrogen) atoms. The summed E-state index contributed by atoms with van der Waals surface area (Å²) >= 11 is 3.24. The molecule has 3 aromatic rings. The van der Waals surface area contributed by atoms with Gasteiger partial charge < -0.3 is 4.74 Å². The van der Waals surface area contributed by atoms with Gasteiger partial charge in [0.2, 0.25) is 5.88 Å². The van der Waals surface area contributed by atoms with E-state index in [1.807, 2.05) is 24.5 Å². The monoisotopic (exact) mass is 370 g/mol.